The number of fused-ring (bicyclic) bond motifs is 1. The van der Waals surface area contributed by atoms with E-state index in [9.17, 15) is 4.79 Å². The number of amides is 1. The summed E-state index contributed by atoms with van der Waals surface area (Å²) in [4.78, 5) is 15.5. The van der Waals surface area contributed by atoms with Crippen molar-refractivity contribution in [1.29, 1.82) is 0 Å². The van der Waals surface area contributed by atoms with Gasteiger partial charge in [-0.2, -0.15) is 0 Å². The topological polar surface area (TPSA) is 25.2 Å². The van der Waals surface area contributed by atoms with E-state index in [2.05, 4.69) is 22.9 Å². The van der Waals surface area contributed by atoms with E-state index < -0.39 is 0 Å². The summed E-state index contributed by atoms with van der Waals surface area (Å²) in [6, 6.07) is 21.4. The molecule has 4 aromatic rings. The van der Waals surface area contributed by atoms with Gasteiger partial charge in [0.2, 0.25) is 0 Å². The van der Waals surface area contributed by atoms with E-state index in [1.165, 1.54) is 11.8 Å². The zero-order chi connectivity index (χ0) is 23.1. The second-order valence-electron chi connectivity index (χ2n) is 7.77. The lowest BCUT2D eigenvalue weighted by Gasteiger charge is -2.16. The highest BCUT2D eigenvalue weighted by atomic mass is 35.5. The number of para-hydroxylation sites is 2. The molecule has 1 fully saturated rings. The maximum absolute atomic E-state index is 13.3. The van der Waals surface area contributed by atoms with Gasteiger partial charge in [0.1, 0.15) is 0 Å². The fourth-order valence-electron chi connectivity index (χ4n) is 3.99. The van der Waals surface area contributed by atoms with E-state index in [-0.39, 0.29) is 5.91 Å². The molecule has 0 spiro atoms. The SMILES string of the molecule is Cc1ccccc1N1C(=O)/C(=C\c2cn(Cc3ccc(Cl)cc3Cl)c3ccccc23)SC1=S. The number of anilines is 1. The number of carbonyl (C=O) groups is 1. The number of hydrogen-bond acceptors (Lipinski definition) is 3. The minimum Gasteiger partial charge on any atom is -0.342 e. The summed E-state index contributed by atoms with van der Waals surface area (Å²) in [5.74, 6) is -0.100. The number of benzene rings is 3. The van der Waals surface area contributed by atoms with Gasteiger partial charge in [0.25, 0.3) is 5.91 Å². The third-order valence-electron chi connectivity index (χ3n) is 5.61. The predicted octanol–water partition coefficient (Wildman–Crippen LogP) is 7.71. The van der Waals surface area contributed by atoms with Gasteiger partial charge in [-0.15, -0.1) is 0 Å². The van der Waals surface area contributed by atoms with E-state index in [4.69, 9.17) is 35.4 Å². The summed E-state index contributed by atoms with van der Waals surface area (Å²) in [6.07, 6.45) is 3.98. The van der Waals surface area contributed by atoms with Gasteiger partial charge in [0.15, 0.2) is 4.32 Å². The Balaban J connectivity index is 1.54. The van der Waals surface area contributed by atoms with E-state index in [0.717, 1.165) is 33.3 Å². The van der Waals surface area contributed by atoms with Crippen LogP contribution in [-0.4, -0.2) is 14.8 Å². The summed E-state index contributed by atoms with van der Waals surface area (Å²) >= 11 is 19.4. The Morgan fingerprint density at radius 3 is 2.58 bits per heavy atom. The fraction of sp³-hybridized carbons (Fsp3) is 0.0769. The van der Waals surface area contributed by atoms with E-state index in [0.29, 0.717) is 25.8 Å². The predicted molar refractivity (Wildman–Crippen MR) is 144 cm³/mol. The van der Waals surface area contributed by atoms with Crippen molar-refractivity contribution in [2.75, 3.05) is 4.90 Å². The molecule has 0 saturated carbocycles. The first kappa shape index (κ1) is 22.2. The molecule has 33 heavy (non-hydrogen) atoms. The van der Waals surface area contributed by atoms with Gasteiger partial charge < -0.3 is 4.57 Å². The first-order valence-electron chi connectivity index (χ1n) is 10.3. The molecule has 0 N–H and O–H groups in total. The van der Waals surface area contributed by atoms with Crippen molar-refractivity contribution in [2.24, 2.45) is 0 Å². The second-order valence-corrected chi connectivity index (χ2v) is 10.3. The Kier molecular flexibility index (Phi) is 6.06. The fourth-order valence-corrected chi connectivity index (χ4v) is 5.73. The van der Waals surface area contributed by atoms with Crippen LogP contribution in [0.25, 0.3) is 17.0 Å². The molecule has 5 rings (SSSR count). The number of aryl methyl sites for hydroxylation is 1. The molecular formula is C26H18Cl2N2OS2. The van der Waals surface area contributed by atoms with Crippen LogP contribution >= 0.6 is 47.2 Å². The highest BCUT2D eigenvalue weighted by molar-refractivity contribution is 8.27. The zero-order valence-electron chi connectivity index (χ0n) is 17.6. The van der Waals surface area contributed by atoms with Gasteiger partial charge in [-0.1, -0.05) is 89.6 Å². The zero-order valence-corrected chi connectivity index (χ0v) is 20.7. The largest absolute Gasteiger partial charge is 0.342 e. The lowest BCUT2D eigenvalue weighted by Crippen LogP contribution is -2.28. The monoisotopic (exact) mass is 508 g/mol. The summed E-state index contributed by atoms with van der Waals surface area (Å²) in [6.45, 7) is 2.57. The Morgan fingerprint density at radius 1 is 1.03 bits per heavy atom. The molecule has 1 aliphatic heterocycles. The van der Waals surface area contributed by atoms with Crippen molar-refractivity contribution >= 4 is 80.1 Å². The van der Waals surface area contributed by atoms with Gasteiger partial charge in [0, 0.05) is 39.3 Å². The highest BCUT2D eigenvalue weighted by Gasteiger charge is 2.34. The summed E-state index contributed by atoms with van der Waals surface area (Å²) in [5.41, 5.74) is 4.82. The number of carbonyl (C=O) groups excluding carboxylic acids is 1. The Hall–Kier alpha value is -2.57. The van der Waals surface area contributed by atoms with E-state index >= 15 is 0 Å². The number of hydrogen-bond donors (Lipinski definition) is 0. The van der Waals surface area contributed by atoms with Crippen LogP contribution < -0.4 is 4.90 Å². The van der Waals surface area contributed by atoms with Gasteiger partial charge in [-0.3, -0.25) is 9.69 Å². The van der Waals surface area contributed by atoms with Crippen LogP contribution in [0, 0.1) is 6.92 Å². The maximum atomic E-state index is 13.3. The Morgan fingerprint density at radius 2 is 1.79 bits per heavy atom. The molecule has 0 bridgehead atoms. The van der Waals surface area contributed by atoms with Crippen LogP contribution in [0.2, 0.25) is 10.0 Å². The van der Waals surface area contributed by atoms with Gasteiger partial charge >= 0.3 is 0 Å². The van der Waals surface area contributed by atoms with Crippen LogP contribution in [0.1, 0.15) is 16.7 Å². The standard InChI is InChI=1S/C26H18Cl2N2OS2/c1-16-6-2-4-8-22(16)30-25(31)24(33-26(30)32)12-18-15-29(23-9-5-3-7-20(18)23)14-17-10-11-19(27)13-21(17)28/h2-13,15H,14H2,1H3/b24-12+. The molecule has 0 aliphatic carbocycles. The molecule has 164 valence electrons. The van der Waals surface area contributed by atoms with Crippen molar-refractivity contribution in [2.45, 2.75) is 13.5 Å². The molecule has 1 aliphatic rings. The first-order valence-corrected chi connectivity index (χ1v) is 12.3. The van der Waals surface area contributed by atoms with E-state index in [1.54, 1.807) is 11.0 Å². The molecule has 2 heterocycles. The van der Waals surface area contributed by atoms with Crippen LogP contribution in [0.15, 0.2) is 77.8 Å². The highest BCUT2D eigenvalue weighted by Crippen LogP contribution is 2.38. The molecule has 7 heteroatoms. The Labute approximate surface area is 211 Å². The Bertz CT molecular complexity index is 1460. The summed E-state index contributed by atoms with van der Waals surface area (Å²) in [5, 5.41) is 2.29. The number of aromatic nitrogens is 1. The smallest absolute Gasteiger partial charge is 0.270 e. The average molecular weight is 509 g/mol. The van der Waals surface area contributed by atoms with Crippen LogP contribution in [0.4, 0.5) is 5.69 Å². The number of halogens is 2. The second kappa shape index (κ2) is 8.99. The number of nitrogens with zero attached hydrogens (tertiary/aromatic N) is 2. The lowest BCUT2D eigenvalue weighted by atomic mass is 10.1. The maximum Gasteiger partial charge on any atom is 0.270 e. The van der Waals surface area contributed by atoms with Crippen molar-refractivity contribution < 1.29 is 4.79 Å². The van der Waals surface area contributed by atoms with Crippen molar-refractivity contribution in [3.05, 3.63) is 105 Å². The minimum absolute atomic E-state index is 0.100. The molecule has 1 aromatic heterocycles. The van der Waals surface area contributed by atoms with Gasteiger partial charge in [-0.25, -0.2) is 0 Å². The molecule has 3 nitrogen and oxygen atoms in total. The minimum atomic E-state index is -0.100. The van der Waals surface area contributed by atoms with Gasteiger partial charge in [0.05, 0.1) is 10.6 Å². The molecule has 0 atom stereocenters. The average Bonchev–Trinajstić information content (AvgIpc) is 3.27. The van der Waals surface area contributed by atoms with Crippen LogP contribution in [-0.2, 0) is 11.3 Å². The third-order valence-corrected chi connectivity index (χ3v) is 7.50. The molecular weight excluding hydrogens is 491 g/mol. The lowest BCUT2D eigenvalue weighted by molar-refractivity contribution is -0.113. The van der Waals surface area contributed by atoms with Crippen LogP contribution in [0.5, 0.6) is 0 Å². The van der Waals surface area contributed by atoms with Crippen molar-refractivity contribution in [3.8, 4) is 0 Å². The molecule has 0 unspecified atom stereocenters. The van der Waals surface area contributed by atoms with Crippen molar-refractivity contribution in [1.82, 2.24) is 4.57 Å². The third kappa shape index (κ3) is 4.22. The molecule has 0 radical (unpaired) electrons. The normalized spacial score (nSPS) is 15.2. The summed E-state index contributed by atoms with van der Waals surface area (Å²) < 4.78 is 2.68. The quantitative estimate of drug-likeness (QED) is 0.208. The molecule has 1 saturated heterocycles. The first-order chi connectivity index (χ1) is 15.9. The summed E-state index contributed by atoms with van der Waals surface area (Å²) in [7, 11) is 0. The number of rotatable bonds is 4. The van der Waals surface area contributed by atoms with Crippen LogP contribution in [0.3, 0.4) is 0 Å². The van der Waals surface area contributed by atoms with Gasteiger partial charge in [-0.05, 0) is 48.4 Å². The van der Waals surface area contributed by atoms with E-state index in [1.807, 2.05) is 61.5 Å². The molecule has 3 aromatic carbocycles. The number of thiocarbonyl (C=S) groups is 1. The molecule has 1 amide bonds. The number of thioether (sulfide) groups is 1. The van der Waals surface area contributed by atoms with Crippen molar-refractivity contribution in [3.63, 3.8) is 0 Å².